The molecule has 6 heteroatoms. The first kappa shape index (κ1) is 9.61. The van der Waals surface area contributed by atoms with Crippen LogP contribution in [0.5, 0.6) is 0 Å². The van der Waals surface area contributed by atoms with Crippen LogP contribution < -0.4 is 0 Å². The fourth-order valence-electron chi connectivity index (χ4n) is 0.212. The van der Waals surface area contributed by atoms with E-state index in [4.69, 9.17) is 5.11 Å². The predicted octanol–water partition coefficient (Wildman–Crippen LogP) is 1.22. The number of aliphatic hydroxyl groups is 1. The van der Waals surface area contributed by atoms with Crippen molar-refractivity contribution in [3.63, 3.8) is 0 Å². The molecule has 0 spiro atoms. The summed E-state index contributed by atoms with van der Waals surface area (Å²) in [5, 5.41) is 8.10. The minimum absolute atomic E-state index is 2.15. The van der Waals surface area contributed by atoms with Crippen molar-refractivity contribution < 1.29 is 27.1 Å². The molecule has 0 radical (unpaired) electrons. The molecule has 0 unspecified atom stereocenters. The van der Waals surface area contributed by atoms with Crippen LogP contribution in [-0.4, -0.2) is 30.2 Å². The number of rotatable bonds is 3. The van der Waals surface area contributed by atoms with Gasteiger partial charge in [0.05, 0.1) is 0 Å². The van der Waals surface area contributed by atoms with Crippen molar-refractivity contribution in [1.82, 2.24) is 0 Å². The standard InChI is InChI=1S/C4H5F5O/c5-1-4(10,2(6)7)3(8)9/h2-3,10H,1H2. The molecular weight excluding hydrogens is 159 g/mol. The van der Waals surface area contributed by atoms with Crippen LogP contribution in [-0.2, 0) is 0 Å². The van der Waals surface area contributed by atoms with E-state index < -0.39 is 25.1 Å². The van der Waals surface area contributed by atoms with Crippen LogP contribution in [0.4, 0.5) is 22.0 Å². The number of hydrogen-bond acceptors (Lipinski definition) is 1. The number of alkyl halides is 5. The largest absolute Gasteiger partial charge is 0.377 e. The van der Waals surface area contributed by atoms with Gasteiger partial charge in [-0.25, -0.2) is 22.0 Å². The smallest absolute Gasteiger partial charge is 0.275 e. The van der Waals surface area contributed by atoms with Crippen LogP contribution in [0.2, 0.25) is 0 Å². The molecular formula is C4H5F5O. The lowest BCUT2D eigenvalue weighted by molar-refractivity contribution is -0.183. The highest BCUT2D eigenvalue weighted by molar-refractivity contribution is 4.83. The van der Waals surface area contributed by atoms with Crippen molar-refractivity contribution in [3.05, 3.63) is 0 Å². The van der Waals surface area contributed by atoms with Crippen LogP contribution in [0, 0.1) is 0 Å². The van der Waals surface area contributed by atoms with Crippen molar-refractivity contribution in [2.24, 2.45) is 0 Å². The van der Waals surface area contributed by atoms with E-state index in [0.717, 1.165) is 0 Å². The zero-order valence-electron chi connectivity index (χ0n) is 4.70. The molecule has 10 heavy (non-hydrogen) atoms. The van der Waals surface area contributed by atoms with E-state index in [2.05, 4.69) is 0 Å². The quantitative estimate of drug-likeness (QED) is 0.621. The molecule has 0 aromatic rings. The van der Waals surface area contributed by atoms with Crippen LogP contribution in [0.1, 0.15) is 0 Å². The van der Waals surface area contributed by atoms with Crippen molar-refractivity contribution >= 4 is 0 Å². The lowest BCUT2D eigenvalue weighted by Crippen LogP contribution is -2.46. The average molecular weight is 164 g/mol. The zero-order valence-corrected chi connectivity index (χ0v) is 4.70. The van der Waals surface area contributed by atoms with Gasteiger partial charge in [0.15, 0.2) is 0 Å². The average Bonchev–Trinajstić information content (AvgIpc) is 1.85. The number of hydrogen-bond donors (Lipinski definition) is 1. The van der Waals surface area contributed by atoms with Gasteiger partial charge in [-0.1, -0.05) is 0 Å². The first-order chi connectivity index (χ1) is 4.45. The maximum absolute atomic E-state index is 11.4. The molecule has 0 amide bonds. The zero-order chi connectivity index (χ0) is 8.36. The van der Waals surface area contributed by atoms with E-state index in [9.17, 15) is 22.0 Å². The Bertz CT molecular complexity index is 95.8. The molecule has 1 N–H and O–H groups in total. The second kappa shape index (κ2) is 3.14. The summed E-state index contributed by atoms with van der Waals surface area (Å²) in [5.41, 5.74) is -3.79. The van der Waals surface area contributed by atoms with E-state index >= 15 is 0 Å². The third-order valence-corrected chi connectivity index (χ3v) is 0.970. The van der Waals surface area contributed by atoms with Crippen LogP contribution in [0.3, 0.4) is 0 Å². The normalized spacial score (nSPS) is 13.2. The second-order valence-corrected chi connectivity index (χ2v) is 1.73. The maximum atomic E-state index is 11.4. The molecule has 0 aromatic heterocycles. The minimum atomic E-state index is -3.79. The molecule has 0 aliphatic rings. The first-order valence-corrected chi connectivity index (χ1v) is 2.29. The summed E-state index contributed by atoms with van der Waals surface area (Å²) >= 11 is 0. The molecule has 0 heterocycles. The molecule has 1 nitrogen and oxygen atoms in total. The number of halogens is 5. The molecule has 0 saturated heterocycles. The Morgan fingerprint density at radius 3 is 1.40 bits per heavy atom. The first-order valence-electron chi connectivity index (χ1n) is 2.29. The van der Waals surface area contributed by atoms with Gasteiger partial charge >= 0.3 is 0 Å². The van der Waals surface area contributed by atoms with Crippen molar-refractivity contribution in [2.75, 3.05) is 6.67 Å². The van der Waals surface area contributed by atoms with Gasteiger partial charge in [0.25, 0.3) is 12.9 Å². The summed E-state index contributed by atoms with van der Waals surface area (Å²) in [5.74, 6) is 0. The monoisotopic (exact) mass is 164 g/mol. The molecule has 62 valence electrons. The maximum Gasteiger partial charge on any atom is 0.275 e. The van der Waals surface area contributed by atoms with Crippen LogP contribution in [0.25, 0.3) is 0 Å². The van der Waals surface area contributed by atoms with E-state index in [0.29, 0.717) is 0 Å². The van der Waals surface area contributed by atoms with Gasteiger partial charge in [-0.05, 0) is 0 Å². The van der Waals surface area contributed by atoms with E-state index in [1.165, 1.54) is 0 Å². The van der Waals surface area contributed by atoms with Crippen molar-refractivity contribution in [3.8, 4) is 0 Å². The van der Waals surface area contributed by atoms with E-state index in [1.807, 2.05) is 0 Å². The molecule has 0 fully saturated rings. The highest BCUT2D eigenvalue weighted by Gasteiger charge is 2.47. The Morgan fingerprint density at radius 1 is 1.10 bits per heavy atom. The Labute approximate surface area is 53.5 Å². The van der Waals surface area contributed by atoms with Gasteiger partial charge in [0.1, 0.15) is 6.67 Å². The molecule has 0 aliphatic carbocycles. The lowest BCUT2D eigenvalue weighted by Gasteiger charge is -2.21. The summed E-state index contributed by atoms with van der Waals surface area (Å²) in [4.78, 5) is 0. The van der Waals surface area contributed by atoms with Crippen LogP contribution >= 0.6 is 0 Å². The van der Waals surface area contributed by atoms with Gasteiger partial charge in [0.2, 0.25) is 5.60 Å². The molecule has 0 rings (SSSR count). The Morgan fingerprint density at radius 2 is 1.40 bits per heavy atom. The van der Waals surface area contributed by atoms with Crippen molar-refractivity contribution in [1.29, 1.82) is 0 Å². The van der Waals surface area contributed by atoms with E-state index in [1.54, 1.807) is 0 Å². The van der Waals surface area contributed by atoms with Crippen LogP contribution in [0.15, 0.2) is 0 Å². The topological polar surface area (TPSA) is 20.2 Å². The van der Waals surface area contributed by atoms with Crippen molar-refractivity contribution in [2.45, 2.75) is 18.5 Å². The molecule has 0 aromatic carbocycles. The fraction of sp³-hybridized carbons (Fsp3) is 1.00. The van der Waals surface area contributed by atoms with Gasteiger partial charge in [-0.3, -0.25) is 0 Å². The summed E-state index contributed by atoms with van der Waals surface area (Å²) in [6.07, 6.45) is -7.53. The Hall–Kier alpha value is -0.390. The van der Waals surface area contributed by atoms with Gasteiger partial charge in [-0.2, -0.15) is 0 Å². The summed E-state index contributed by atoms with van der Waals surface area (Å²) in [6, 6.07) is 0. The van der Waals surface area contributed by atoms with Gasteiger partial charge in [0, 0.05) is 0 Å². The summed E-state index contributed by atoms with van der Waals surface area (Å²) in [6.45, 7) is -2.15. The minimum Gasteiger partial charge on any atom is -0.377 e. The molecule has 0 bridgehead atoms. The molecule has 0 aliphatic heterocycles. The summed E-state index contributed by atoms with van der Waals surface area (Å²) < 4.78 is 56.8. The predicted molar refractivity (Wildman–Crippen MR) is 22.9 cm³/mol. The fourth-order valence-corrected chi connectivity index (χ4v) is 0.212. The molecule has 0 atom stereocenters. The highest BCUT2D eigenvalue weighted by Crippen LogP contribution is 2.23. The summed E-state index contributed by atoms with van der Waals surface area (Å²) in [7, 11) is 0. The van der Waals surface area contributed by atoms with E-state index in [-0.39, 0.29) is 0 Å². The Balaban J connectivity index is 4.23. The molecule has 0 saturated carbocycles. The lowest BCUT2D eigenvalue weighted by atomic mass is 10.1. The SMILES string of the molecule is OC(CF)(C(F)F)C(F)F. The van der Waals surface area contributed by atoms with Gasteiger partial charge in [-0.15, -0.1) is 0 Å². The van der Waals surface area contributed by atoms with Gasteiger partial charge < -0.3 is 5.11 Å². The third kappa shape index (κ3) is 1.56. The highest BCUT2D eigenvalue weighted by atomic mass is 19.3. The third-order valence-electron chi connectivity index (χ3n) is 0.970. The Kier molecular flexibility index (Phi) is 3.01. The second-order valence-electron chi connectivity index (χ2n) is 1.73.